The largest absolute Gasteiger partial charge is 0.394 e. The van der Waals surface area contributed by atoms with E-state index >= 15 is 0 Å². The van der Waals surface area contributed by atoms with Gasteiger partial charge in [0.25, 0.3) is 0 Å². The van der Waals surface area contributed by atoms with E-state index in [4.69, 9.17) is 19.7 Å². The standard InChI is InChI=1S/C9H18O6/c1-9(2)14-6(4-11)8(15-9)7(13)5(12)3-10/h5-8,10-13H,3-4H2,1-2H3/t5-,6+,7+,8+/m0/s1. The average molecular weight is 222 g/mol. The lowest BCUT2D eigenvalue weighted by Gasteiger charge is -2.24. The van der Waals surface area contributed by atoms with Crippen LogP contribution in [-0.4, -0.2) is 63.8 Å². The van der Waals surface area contributed by atoms with E-state index in [0.717, 1.165) is 0 Å². The van der Waals surface area contributed by atoms with Crippen LogP contribution in [0.1, 0.15) is 13.8 Å². The second kappa shape index (κ2) is 4.73. The summed E-state index contributed by atoms with van der Waals surface area (Å²) in [4.78, 5) is 0. The van der Waals surface area contributed by atoms with Crippen LogP contribution in [0.5, 0.6) is 0 Å². The van der Waals surface area contributed by atoms with Crippen molar-refractivity contribution in [3.05, 3.63) is 0 Å². The summed E-state index contributed by atoms with van der Waals surface area (Å²) in [5, 5.41) is 36.6. The molecule has 0 aromatic carbocycles. The maximum Gasteiger partial charge on any atom is 0.164 e. The van der Waals surface area contributed by atoms with Crippen LogP contribution in [0.3, 0.4) is 0 Å². The van der Waals surface area contributed by atoms with E-state index in [2.05, 4.69) is 0 Å². The average Bonchev–Trinajstić information content (AvgIpc) is 2.51. The van der Waals surface area contributed by atoms with Crippen LogP contribution in [0.15, 0.2) is 0 Å². The predicted molar refractivity (Wildman–Crippen MR) is 50.0 cm³/mol. The summed E-state index contributed by atoms with van der Waals surface area (Å²) in [5.74, 6) is -0.909. The lowest BCUT2D eigenvalue weighted by Crippen LogP contribution is -2.45. The van der Waals surface area contributed by atoms with Crippen LogP contribution in [0.2, 0.25) is 0 Å². The van der Waals surface area contributed by atoms with Crippen molar-refractivity contribution in [1.82, 2.24) is 0 Å². The highest BCUT2D eigenvalue weighted by Crippen LogP contribution is 2.30. The highest BCUT2D eigenvalue weighted by atomic mass is 16.8. The Balaban J connectivity index is 2.68. The third kappa shape index (κ3) is 2.87. The van der Waals surface area contributed by atoms with Gasteiger partial charge in [0.15, 0.2) is 5.79 Å². The molecule has 1 aliphatic rings. The van der Waals surface area contributed by atoms with Gasteiger partial charge in [-0.05, 0) is 13.8 Å². The molecule has 1 heterocycles. The molecule has 0 aromatic heterocycles. The highest BCUT2D eigenvalue weighted by Gasteiger charge is 2.46. The zero-order chi connectivity index (χ0) is 11.6. The Kier molecular flexibility index (Phi) is 4.05. The highest BCUT2D eigenvalue weighted by molar-refractivity contribution is 4.89. The van der Waals surface area contributed by atoms with Crippen molar-refractivity contribution in [3.63, 3.8) is 0 Å². The summed E-state index contributed by atoms with van der Waals surface area (Å²) in [6.45, 7) is 2.41. The smallest absolute Gasteiger partial charge is 0.164 e. The first kappa shape index (κ1) is 12.8. The Bertz CT molecular complexity index is 207. The number of ether oxygens (including phenoxy) is 2. The summed E-state index contributed by atoms with van der Waals surface area (Å²) < 4.78 is 10.6. The van der Waals surface area contributed by atoms with Crippen molar-refractivity contribution in [2.75, 3.05) is 13.2 Å². The summed E-state index contributed by atoms with van der Waals surface area (Å²) >= 11 is 0. The number of hydrogen-bond donors (Lipinski definition) is 4. The molecule has 0 radical (unpaired) electrons. The number of aliphatic hydroxyl groups excluding tert-OH is 4. The van der Waals surface area contributed by atoms with Gasteiger partial charge in [0.1, 0.15) is 24.4 Å². The fourth-order valence-electron chi connectivity index (χ4n) is 1.62. The van der Waals surface area contributed by atoms with Gasteiger partial charge in [-0.2, -0.15) is 0 Å². The van der Waals surface area contributed by atoms with Crippen LogP contribution < -0.4 is 0 Å². The molecule has 1 fully saturated rings. The van der Waals surface area contributed by atoms with E-state index in [-0.39, 0.29) is 6.61 Å². The molecule has 4 N–H and O–H groups in total. The topological polar surface area (TPSA) is 99.4 Å². The third-order valence-electron chi connectivity index (χ3n) is 2.32. The Morgan fingerprint density at radius 3 is 2.27 bits per heavy atom. The van der Waals surface area contributed by atoms with Crippen LogP contribution in [0.25, 0.3) is 0 Å². The fourth-order valence-corrected chi connectivity index (χ4v) is 1.62. The molecule has 0 aliphatic carbocycles. The Morgan fingerprint density at radius 2 is 1.80 bits per heavy atom. The normalized spacial score (nSPS) is 34.0. The minimum Gasteiger partial charge on any atom is -0.394 e. The first-order chi connectivity index (χ1) is 6.91. The molecule has 4 atom stereocenters. The van der Waals surface area contributed by atoms with Gasteiger partial charge in [-0.1, -0.05) is 0 Å². The number of rotatable bonds is 4. The van der Waals surface area contributed by atoms with E-state index in [0.29, 0.717) is 0 Å². The van der Waals surface area contributed by atoms with Gasteiger partial charge in [-0.3, -0.25) is 0 Å². The van der Waals surface area contributed by atoms with Crippen molar-refractivity contribution in [1.29, 1.82) is 0 Å². The molecule has 15 heavy (non-hydrogen) atoms. The number of aliphatic hydroxyl groups is 4. The molecule has 0 saturated carbocycles. The molecule has 90 valence electrons. The Hall–Kier alpha value is -0.240. The molecule has 1 saturated heterocycles. The molecule has 6 nitrogen and oxygen atoms in total. The summed E-state index contributed by atoms with van der Waals surface area (Å²) in [7, 11) is 0. The molecule has 0 spiro atoms. The van der Waals surface area contributed by atoms with Gasteiger partial charge in [0.05, 0.1) is 13.2 Å². The van der Waals surface area contributed by atoms with Crippen LogP contribution >= 0.6 is 0 Å². The number of hydrogen-bond acceptors (Lipinski definition) is 6. The van der Waals surface area contributed by atoms with Crippen LogP contribution in [0.4, 0.5) is 0 Å². The second-order valence-electron chi connectivity index (χ2n) is 4.06. The molecule has 0 bridgehead atoms. The van der Waals surface area contributed by atoms with Crippen LogP contribution in [-0.2, 0) is 9.47 Å². The molecule has 1 rings (SSSR count). The van der Waals surface area contributed by atoms with Gasteiger partial charge >= 0.3 is 0 Å². The fraction of sp³-hybridized carbons (Fsp3) is 1.00. The molecule has 0 aromatic rings. The molecular formula is C9H18O6. The lowest BCUT2D eigenvalue weighted by atomic mass is 10.0. The van der Waals surface area contributed by atoms with Crippen molar-refractivity contribution < 1.29 is 29.9 Å². The van der Waals surface area contributed by atoms with Gasteiger partial charge in [0, 0.05) is 0 Å². The van der Waals surface area contributed by atoms with Crippen molar-refractivity contribution in [2.45, 2.75) is 44.1 Å². The minimum absolute atomic E-state index is 0.316. The van der Waals surface area contributed by atoms with Crippen molar-refractivity contribution in [2.24, 2.45) is 0 Å². The van der Waals surface area contributed by atoms with E-state index in [9.17, 15) is 10.2 Å². The zero-order valence-electron chi connectivity index (χ0n) is 8.83. The first-order valence-corrected chi connectivity index (χ1v) is 4.85. The van der Waals surface area contributed by atoms with Crippen molar-refractivity contribution >= 4 is 0 Å². The maximum absolute atomic E-state index is 9.63. The quantitative estimate of drug-likeness (QED) is 0.448. The van der Waals surface area contributed by atoms with E-state index in [1.807, 2.05) is 0 Å². The molecular weight excluding hydrogens is 204 g/mol. The summed E-state index contributed by atoms with van der Waals surface area (Å²) in [6, 6.07) is 0. The van der Waals surface area contributed by atoms with E-state index in [1.54, 1.807) is 13.8 Å². The lowest BCUT2D eigenvalue weighted by molar-refractivity contribution is -0.165. The third-order valence-corrected chi connectivity index (χ3v) is 2.32. The molecule has 6 heteroatoms. The van der Waals surface area contributed by atoms with Gasteiger partial charge < -0.3 is 29.9 Å². The maximum atomic E-state index is 9.63. The van der Waals surface area contributed by atoms with E-state index < -0.39 is 36.8 Å². The second-order valence-corrected chi connectivity index (χ2v) is 4.06. The van der Waals surface area contributed by atoms with Gasteiger partial charge in [-0.25, -0.2) is 0 Å². The molecule has 1 aliphatic heterocycles. The first-order valence-electron chi connectivity index (χ1n) is 4.85. The Morgan fingerprint density at radius 1 is 1.20 bits per heavy atom. The van der Waals surface area contributed by atoms with Gasteiger partial charge in [0.2, 0.25) is 0 Å². The molecule has 0 amide bonds. The van der Waals surface area contributed by atoms with Crippen molar-refractivity contribution in [3.8, 4) is 0 Å². The summed E-state index contributed by atoms with van der Waals surface area (Å²) in [6.07, 6.45) is -4.13. The van der Waals surface area contributed by atoms with Gasteiger partial charge in [-0.15, -0.1) is 0 Å². The molecule has 0 unspecified atom stereocenters. The zero-order valence-corrected chi connectivity index (χ0v) is 8.83. The minimum atomic E-state index is -1.30. The monoisotopic (exact) mass is 222 g/mol. The van der Waals surface area contributed by atoms with Crippen LogP contribution in [0, 0.1) is 0 Å². The summed E-state index contributed by atoms with van der Waals surface area (Å²) in [5.41, 5.74) is 0. The SMILES string of the molecule is CC1(C)O[C@@H]([C@H](O)[C@@H](O)CO)[C@@H](CO)O1. The van der Waals surface area contributed by atoms with E-state index in [1.165, 1.54) is 0 Å². The Labute approximate surface area is 88.1 Å². The predicted octanol–water partition coefficient (Wildman–Crippen LogP) is -1.79.